The fourth-order valence-electron chi connectivity index (χ4n) is 3.51. The van der Waals surface area contributed by atoms with E-state index < -0.39 is 0 Å². The van der Waals surface area contributed by atoms with E-state index in [1.54, 1.807) is 0 Å². The summed E-state index contributed by atoms with van der Waals surface area (Å²) < 4.78 is 0. The Labute approximate surface area is 101 Å². The highest BCUT2D eigenvalue weighted by molar-refractivity contribution is 4.91. The van der Waals surface area contributed by atoms with E-state index in [4.69, 9.17) is 0 Å². The number of piperidine rings is 1. The normalized spacial score (nSPS) is 36.8. The van der Waals surface area contributed by atoms with Crippen molar-refractivity contribution in [2.45, 2.75) is 69.9 Å². The molecule has 2 rings (SSSR count). The van der Waals surface area contributed by atoms with Crippen molar-refractivity contribution in [1.82, 2.24) is 10.2 Å². The summed E-state index contributed by atoms with van der Waals surface area (Å²) in [4.78, 5) is 2.56. The minimum atomic E-state index is 0.488. The van der Waals surface area contributed by atoms with E-state index in [9.17, 15) is 0 Å². The number of hydrogen-bond donors (Lipinski definition) is 1. The first-order chi connectivity index (χ1) is 7.76. The van der Waals surface area contributed by atoms with Gasteiger partial charge in [0.05, 0.1) is 0 Å². The topological polar surface area (TPSA) is 15.3 Å². The molecule has 0 amide bonds. The van der Waals surface area contributed by atoms with Crippen LogP contribution in [-0.4, -0.2) is 36.6 Å². The van der Waals surface area contributed by atoms with Crippen LogP contribution in [0, 0.1) is 0 Å². The Morgan fingerprint density at radius 1 is 1.31 bits per heavy atom. The van der Waals surface area contributed by atoms with Gasteiger partial charge in [0.25, 0.3) is 0 Å². The first kappa shape index (κ1) is 12.4. The predicted octanol–water partition coefficient (Wildman–Crippen LogP) is 2.78. The zero-order valence-corrected chi connectivity index (χ0v) is 11.1. The molecule has 2 nitrogen and oxygen atoms in total. The van der Waals surface area contributed by atoms with E-state index in [0.29, 0.717) is 5.54 Å². The van der Waals surface area contributed by atoms with Crippen molar-refractivity contribution < 1.29 is 0 Å². The molecule has 2 unspecified atom stereocenters. The molecule has 2 heteroatoms. The van der Waals surface area contributed by atoms with Gasteiger partial charge in [-0.05, 0) is 65.1 Å². The van der Waals surface area contributed by atoms with E-state index in [2.05, 4.69) is 24.2 Å². The van der Waals surface area contributed by atoms with E-state index in [-0.39, 0.29) is 0 Å². The van der Waals surface area contributed by atoms with Gasteiger partial charge in [-0.1, -0.05) is 13.3 Å². The van der Waals surface area contributed by atoms with Crippen LogP contribution in [0.1, 0.15) is 58.3 Å². The minimum absolute atomic E-state index is 0.488. The lowest BCUT2D eigenvalue weighted by Crippen LogP contribution is -2.48. The SMILES string of the molecule is CCC1(CCC2CCCN2C)CCCCN1. The third-order valence-electron chi connectivity index (χ3n) is 4.89. The van der Waals surface area contributed by atoms with Gasteiger partial charge in [-0.2, -0.15) is 0 Å². The Bertz CT molecular complexity index is 209. The van der Waals surface area contributed by atoms with Crippen LogP contribution < -0.4 is 5.32 Å². The summed E-state index contributed by atoms with van der Waals surface area (Å²) in [5.41, 5.74) is 0.488. The summed E-state index contributed by atoms with van der Waals surface area (Å²) in [5, 5.41) is 3.80. The molecule has 0 saturated carbocycles. The average Bonchev–Trinajstić information content (AvgIpc) is 2.74. The van der Waals surface area contributed by atoms with E-state index in [1.807, 2.05) is 0 Å². The fourth-order valence-corrected chi connectivity index (χ4v) is 3.51. The van der Waals surface area contributed by atoms with Crippen LogP contribution in [0.25, 0.3) is 0 Å². The number of nitrogens with one attached hydrogen (secondary N) is 1. The quantitative estimate of drug-likeness (QED) is 0.790. The maximum atomic E-state index is 3.80. The van der Waals surface area contributed by atoms with Crippen LogP contribution in [0.3, 0.4) is 0 Å². The highest BCUT2D eigenvalue weighted by atomic mass is 15.1. The van der Waals surface area contributed by atoms with Crippen LogP contribution in [0.15, 0.2) is 0 Å². The molecule has 0 spiro atoms. The molecule has 0 aromatic carbocycles. The summed E-state index contributed by atoms with van der Waals surface area (Å²) in [6.07, 6.45) is 11.1. The van der Waals surface area contributed by atoms with Crippen molar-refractivity contribution in [3.05, 3.63) is 0 Å². The van der Waals surface area contributed by atoms with Crippen molar-refractivity contribution in [2.75, 3.05) is 20.1 Å². The smallest absolute Gasteiger partial charge is 0.0179 e. The highest BCUT2D eigenvalue weighted by Crippen LogP contribution is 2.30. The number of rotatable bonds is 4. The van der Waals surface area contributed by atoms with E-state index in [0.717, 1.165) is 6.04 Å². The average molecular weight is 224 g/mol. The lowest BCUT2D eigenvalue weighted by Gasteiger charge is -2.39. The maximum Gasteiger partial charge on any atom is 0.0179 e. The third kappa shape index (κ3) is 2.78. The zero-order valence-electron chi connectivity index (χ0n) is 11.1. The molecular weight excluding hydrogens is 196 g/mol. The van der Waals surface area contributed by atoms with Gasteiger partial charge in [-0.3, -0.25) is 0 Å². The van der Waals surface area contributed by atoms with Gasteiger partial charge in [0.15, 0.2) is 0 Å². The second-order valence-electron chi connectivity index (χ2n) is 5.83. The van der Waals surface area contributed by atoms with Gasteiger partial charge >= 0.3 is 0 Å². The van der Waals surface area contributed by atoms with Crippen LogP contribution in [0.4, 0.5) is 0 Å². The van der Waals surface area contributed by atoms with Crippen LogP contribution in [0.5, 0.6) is 0 Å². The fraction of sp³-hybridized carbons (Fsp3) is 1.00. The summed E-state index contributed by atoms with van der Waals surface area (Å²) in [5.74, 6) is 0. The first-order valence-electron chi connectivity index (χ1n) is 7.21. The number of nitrogens with zero attached hydrogens (tertiary/aromatic N) is 1. The summed E-state index contributed by atoms with van der Waals surface area (Å²) in [6, 6.07) is 0.868. The third-order valence-corrected chi connectivity index (χ3v) is 4.89. The second kappa shape index (κ2) is 5.50. The number of hydrogen-bond acceptors (Lipinski definition) is 2. The minimum Gasteiger partial charge on any atom is -0.311 e. The molecular formula is C14H28N2. The molecule has 2 fully saturated rings. The van der Waals surface area contributed by atoms with Gasteiger partial charge in [-0.15, -0.1) is 0 Å². The molecule has 0 radical (unpaired) electrons. The van der Waals surface area contributed by atoms with E-state index >= 15 is 0 Å². The number of likely N-dealkylation sites (tertiary alicyclic amines) is 1. The molecule has 0 bridgehead atoms. The largest absolute Gasteiger partial charge is 0.311 e. The van der Waals surface area contributed by atoms with Crippen molar-refractivity contribution in [3.63, 3.8) is 0 Å². The molecule has 0 aliphatic carbocycles. The van der Waals surface area contributed by atoms with Crippen molar-refractivity contribution in [3.8, 4) is 0 Å². The molecule has 0 aromatic heterocycles. The summed E-state index contributed by atoms with van der Waals surface area (Å²) in [6.45, 7) is 4.92. The Balaban J connectivity index is 1.82. The van der Waals surface area contributed by atoms with Gasteiger partial charge < -0.3 is 10.2 Å². The molecule has 2 atom stereocenters. The lowest BCUT2D eigenvalue weighted by atomic mass is 9.81. The molecule has 2 aliphatic rings. The van der Waals surface area contributed by atoms with Gasteiger partial charge in [0.2, 0.25) is 0 Å². The predicted molar refractivity (Wildman–Crippen MR) is 69.8 cm³/mol. The molecule has 2 saturated heterocycles. The van der Waals surface area contributed by atoms with Gasteiger partial charge in [-0.25, -0.2) is 0 Å². The van der Waals surface area contributed by atoms with Crippen LogP contribution >= 0.6 is 0 Å². The monoisotopic (exact) mass is 224 g/mol. The molecule has 16 heavy (non-hydrogen) atoms. The van der Waals surface area contributed by atoms with E-state index in [1.165, 1.54) is 64.5 Å². The maximum absolute atomic E-state index is 3.80. The standard InChI is InChI=1S/C14H28N2/c1-3-14(9-4-5-11-15-14)10-8-13-7-6-12-16(13)2/h13,15H,3-12H2,1-2H3. The highest BCUT2D eigenvalue weighted by Gasteiger charge is 2.31. The van der Waals surface area contributed by atoms with Crippen molar-refractivity contribution in [1.29, 1.82) is 0 Å². The van der Waals surface area contributed by atoms with Gasteiger partial charge in [0, 0.05) is 11.6 Å². The first-order valence-corrected chi connectivity index (χ1v) is 7.21. The molecule has 0 aromatic rings. The van der Waals surface area contributed by atoms with Crippen LogP contribution in [-0.2, 0) is 0 Å². The molecule has 94 valence electrons. The van der Waals surface area contributed by atoms with Crippen molar-refractivity contribution in [2.24, 2.45) is 0 Å². The molecule has 2 heterocycles. The van der Waals surface area contributed by atoms with Crippen LogP contribution in [0.2, 0.25) is 0 Å². The molecule has 1 N–H and O–H groups in total. The van der Waals surface area contributed by atoms with Gasteiger partial charge in [0.1, 0.15) is 0 Å². The van der Waals surface area contributed by atoms with Crippen molar-refractivity contribution >= 4 is 0 Å². The Kier molecular flexibility index (Phi) is 4.26. The summed E-state index contributed by atoms with van der Waals surface area (Å²) >= 11 is 0. The Hall–Kier alpha value is -0.0800. The zero-order chi connectivity index (χ0) is 11.4. The summed E-state index contributed by atoms with van der Waals surface area (Å²) in [7, 11) is 2.30. The Morgan fingerprint density at radius 2 is 2.19 bits per heavy atom. The Morgan fingerprint density at radius 3 is 2.75 bits per heavy atom. The molecule has 2 aliphatic heterocycles. The lowest BCUT2D eigenvalue weighted by molar-refractivity contribution is 0.196. The second-order valence-corrected chi connectivity index (χ2v) is 5.83.